The second-order valence-corrected chi connectivity index (χ2v) is 13.5. The number of sulfonamides is 1. The summed E-state index contributed by atoms with van der Waals surface area (Å²) in [5.74, 6) is 0.0405. The van der Waals surface area contributed by atoms with Crippen LogP contribution in [0.25, 0.3) is 5.69 Å². The molecule has 9 heteroatoms. The fourth-order valence-electron chi connectivity index (χ4n) is 3.49. The van der Waals surface area contributed by atoms with Crippen LogP contribution in [0, 0.1) is 20.8 Å². The number of imidazole rings is 1. The van der Waals surface area contributed by atoms with Crippen molar-refractivity contribution < 1.29 is 8.42 Å². The van der Waals surface area contributed by atoms with Gasteiger partial charge in [0.1, 0.15) is 5.69 Å². The summed E-state index contributed by atoms with van der Waals surface area (Å²) in [7, 11) is -3.91. The molecular weight excluding hydrogens is 486 g/mol. The molecule has 0 unspecified atom stereocenters. The molecule has 2 aromatic rings. The van der Waals surface area contributed by atoms with Crippen molar-refractivity contribution in [2.24, 2.45) is 0 Å². The first-order valence-electron chi connectivity index (χ1n) is 10.8. The van der Waals surface area contributed by atoms with E-state index >= 15 is 0 Å². The van der Waals surface area contributed by atoms with Gasteiger partial charge in [0.15, 0.2) is 5.82 Å². The Morgan fingerprint density at radius 2 is 1.59 bits per heavy atom. The lowest BCUT2D eigenvalue weighted by Gasteiger charge is -2.19. The number of anilines is 1. The summed E-state index contributed by atoms with van der Waals surface area (Å²) in [4.78, 5) is 19.0. The minimum atomic E-state index is -3.91. The smallest absolute Gasteiger partial charge is 0.261 e. The summed E-state index contributed by atoms with van der Waals surface area (Å²) in [5.41, 5.74) is 2.93. The molecule has 2 aromatic carbocycles. The Hall–Kier alpha value is -2.62. The molecule has 0 aromatic heterocycles. The maximum Gasteiger partial charge on any atom is 0.354 e. The molecule has 0 bridgehead atoms. The number of fused-ring (bicyclic) bond motifs is 1. The summed E-state index contributed by atoms with van der Waals surface area (Å²) in [6.07, 6.45) is 0. The predicted octanol–water partition coefficient (Wildman–Crippen LogP) is 5.91. The van der Waals surface area contributed by atoms with Gasteiger partial charge in [-0.1, -0.05) is 62.4 Å². The molecule has 2 aliphatic heterocycles. The molecule has 0 amide bonds. The van der Waals surface area contributed by atoms with E-state index in [9.17, 15) is 13.2 Å². The summed E-state index contributed by atoms with van der Waals surface area (Å²) >= 11 is 3.01. The van der Waals surface area contributed by atoms with E-state index in [1.54, 1.807) is 24.3 Å². The third-order valence-corrected chi connectivity index (χ3v) is 9.35. The van der Waals surface area contributed by atoms with Crippen molar-refractivity contribution in [2.75, 3.05) is 4.72 Å². The van der Waals surface area contributed by atoms with Crippen molar-refractivity contribution in [1.82, 2.24) is 9.55 Å². The zero-order valence-corrected chi connectivity index (χ0v) is 22.4. The maximum absolute atomic E-state index is 13.1. The van der Waals surface area contributed by atoms with Gasteiger partial charge >= 0.3 is 5.69 Å². The van der Waals surface area contributed by atoms with Gasteiger partial charge in [-0.05, 0) is 56.0 Å². The van der Waals surface area contributed by atoms with Gasteiger partial charge < -0.3 is 0 Å². The summed E-state index contributed by atoms with van der Waals surface area (Å²) in [5, 5.41) is 0. The number of rotatable bonds is 5. The fraction of sp³-hybridized carbons (Fsp3) is 0.280. The number of aromatic nitrogens is 2. The van der Waals surface area contributed by atoms with Crippen molar-refractivity contribution in [3.05, 3.63) is 80.7 Å². The first-order chi connectivity index (χ1) is 15.9. The molecule has 2 heterocycles. The van der Waals surface area contributed by atoms with Gasteiger partial charge in [0.05, 0.1) is 9.10 Å². The molecule has 0 spiro atoms. The van der Waals surface area contributed by atoms with Crippen LogP contribution in [0.2, 0.25) is 0 Å². The van der Waals surface area contributed by atoms with Gasteiger partial charge in [0, 0.05) is 15.5 Å². The Bertz CT molecular complexity index is 1480. The normalized spacial score (nSPS) is 12.3. The first-order valence-corrected chi connectivity index (χ1v) is 13.9. The van der Waals surface area contributed by atoms with E-state index in [1.807, 2.05) is 32.9 Å². The second kappa shape index (κ2) is 8.87. The molecule has 0 saturated heterocycles. The van der Waals surface area contributed by atoms with E-state index in [4.69, 9.17) is 0 Å². The molecule has 6 nitrogen and oxygen atoms in total. The number of nitrogens with zero attached hydrogens (tertiary/aromatic N) is 2. The van der Waals surface area contributed by atoms with Crippen LogP contribution in [0.15, 0.2) is 67.3 Å². The third kappa shape index (κ3) is 4.78. The topological polar surface area (TPSA) is 81.1 Å². The van der Waals surface area contributed by atoms with Crippen LogP contribution < -0.4 is 10.4 Å². The predicted molar refractivity (Wildman–Crippen MR) is 140 cm³/mol. The van der Waals surface area contributed by atoms with Gasteiger partial charge in [0.2, 0.25) is 0 Å². The van der Waals surface area contributed by atoms with Gasteiger partial charge in [-0.25, -0.2) is 13.2 Å². The van der Waals surface area contributed by atoms with Crippen LogP contribution >= 0.6 is 23.1 Å². The first kappa shape index (κ1) is 24.5. The average molecular weight is 514 g/mol. The molecule has 0 aliphatic carbocycles. The number of benzene rings is 2. The standard InChI is InChI=1S/C25H27N3O3S3/c1-15-7-13-20(14-8-15)34(30,31)27-22-21-23(32-17(3)16(2)28(21)24(29)26-22)33-19-11-9-18(10-12-19)25(4,5)6/h7-14H,1-6H3,(H,26,27,29). The molecule has 4 rings (SSSR count). The van der Waals surface area contributed by atoms with Crippen LogP contribution in [0.5, 0.6) is 0 Å². The SMILES string of the molecule is Cc1ccc(S(=O)(=O)Nc2nc(=O)n3c(C)c(C)sc(Sc4ccc(C(C)(C)C)cc4)c2-3)cc1. The molecule has 34 heavy (non-hydrogen) atoms. The Morgan fingerprint density at radius 1 is 0.971 bits per heavy atom. The highest BCUT2D eigenvalue weighted by Crippen LogP contribution is 2.42. The lowest BCUT2D eigenvalue weighted by molar-refractivity contribution is 0.589. The quantitative estimate of drug-likeness (QED) is 0.359. The highest BCUT2D eigenvalue weighted by atomic mass is 32.2. The summed E-state index contributed by atoms with van der Waals surface area (Å²) < 4.78 is 30.9. The Balaban J connectivity index is 1.79. The van der Waals surface area contributed by atoms with E-state index in [0.29, 0.717) is 5.69 Å². The highest BCUT2D eigenvalue weighted by molar-refractivity contribution is 8.01. The molecular formula is C25H27N3O3S3. The van der Waals surface area contributed by atoms with Gasteiger partial charge in [-0.15, -0.1) is 11.3 Å². The molecule has 1 N–H and O–H groups in total. The van der Waals surface area contributed by atoms with Crippen molar-refractivity contribution in [1.29, 1.82) is 0 Å². The molecule has 0 radical (unpaired) electrons. The van der Waals surface area contributed by atoms with Gasteiger partial charge in [-0.3, -0.25) is 9.29 Å². The number of hydrogen-bond donors (Lipinski definition) is 1. The summed E-state index contributed by atoms with van der Waals surface area (Å²) in [6, 6.07) is 14.8. The Kier molecular flexibility index (Phi) is 6.39. The largest absolute Gasteiger partial charge is 0.354 e. The molecule has 2 aliphatic rings. The zero-order chi connectivity index (χ0) is 24.8. The van der Waals surface area contributed by atoms with E-state index in [0.717, 1.165) is 25.2 Å². The van der Waals surface area contributed by atoms with Gasteiger partial charge in [-0.2, -0.15) is 4.98 Å². The maximum atomic E-state index is 13.1. The van der Waals surface area contributed by atoms with Crippen LogP contribution in [0.1, 0.15) is 42.5 Å². The van der Waals surface area contributed by atoms with Crippen LogP contribution in [0.4, 0.5) is 5.82 Å². The van der Waals surface area contributed by atoms with E-state index in [1.165, 1.54) is 33.2 Å². The van der Waals surface area contributed by atoms with Gasteiger partial charge in [0.25, 0.3) is 10.0 Å². The molecule has 0 fully saturated rings. The van der Waals surface area contributed by atoms with E-state index in [2.05, 4.69) is 42.6 Å². The third-order valence-electron chi connectivity index (χ3n) is 5.62. The lowest BCUT2D eigenvalue weighted by atomic mass is 9.87. The lowest BCUT2D eigenvalue weighted by Crippen LogP contribution is -2.17. The van der Waals surface area contributed by atoms with E-state index < -0.39 is 15.7 Å². The zero-order valence-electron chi connectivity index (χ0n) is 20.0. The van der Waals surface area contributed by atoms with Crippen LogP contribution in [-0.4, -0.2) is 18.0 Å². The fourth-order valence-corrected chi connectivity index (χ4v) is 6.90. The Labute approximate surface area is 208 Å². The van der Waals surface area contributed by atoms with Crippen LogP contribution in [-0.2, 0) is 15.4 Å². The minimum absolute atomic E-state index is 0.0405. The van der Waals surface area contributed by atoms with Crippen LogP contribution in [0.3, 0.4) is 0 Å². The monoisotopic (exact) mass is 513 g/mol. The number of aryl methyl sites for hydroxylation is 2. The number of nitrogens with one attached hydrogen (secondary N) is 1. The molecule has 0 saturated carbocycles. The number of hydrogen-bond acceptors (Lipinski definition) is 6. The summed E-state index contributed by atoms with van der Waals surface area (Å²) in [6.45, 7) is 12.2. The molecule has 178 valence electrons. The van der Waals surface area contributed by atoms with Crippen molar-refractivity contribution in [3.63, 3.8) is 0 Å². The van der Waals surface area contributed by atoms with E-state index in [-0.39, 0.29) is 16.1 Å². The van der Waals surface area contributed by atoms with Crippen molar-refractivity contribution in [2.45, 2.75) is 61.0 Å². The van der Waals surface area contributed by atoms with Crippen molar-refractivity contribution in [3.8, 4) is 5.69 Å². The second-order valence-electron chi connectivity index (χ2n) is 9.25. The highest BCUT2D eigenvalue weighted by Gasteiger charge is 2.27. The van der Waals surface area contributed by atoms with Crippen molar-refractivity contribution >= 4 is 38.9 Å². The minimum Gasteiger partial charge on any atom is -0.261 e. The average Bonchev–Trinajstić information content (AvgIpc) is 3.07. The molecule has 0 atom stereocenters. The Morgan fingerprint density at radius 3 is 2.18 bits per heavy atom.